The van der Waals surface area contributed by atoms with Crippen molar-refractivity contribution in [3.63, 3.8) is 0 Å². The van der Waals surface area contributed by atoms with Crippen molar-refractivity contribution in [2.75, 3.05) is 66.1 Å². The smallest absolute Gasteiger partial charge is 0.324 e. The number of unbranched alkanes of at least 4 members (excludes halogenated alkanes) is 2. The molecule has 10 heteroatoms. The van der Waals surface area contributed by atoms with Gasteiger partial charge in [0.2, 0.25) is 5.91 Å². The fraction of sp³-hybridized carbons (Fsp3) is 0.517. The summed E-state index contributed by atoms with van der Waals surface area (Å²) in [6.07, 6.45) is 3.06. The Bertz CT molecular complexity index is 1110. The summed E-state index contributed by atoms with van der Waals surface area (Å²) in [4.78, 5) is 30.5. The first-order valence-electron chi connectivity index (χ1n) is 13.2. The first kappa shape index (κ1) is 30.0. The Hall–Kier alpha value is -3.53. The highest BCUT2D eigenvalue weighted by Gasteiger charge is 2.34. The standard InChI is InChI=1S/C29H40FN3O6/c1-6-7-8-13-39-27-15-24(10-12-26(27)37-5)33-17-21(19-38-20-28(34)31(2)3)16-32(29(33)35)18-22-14-23(30)9-11-25(22)36-4/h9-12,14-15,21H,6-8,13,16-20H2,1-5H3. The highest BCUT2D eigenvalue weighted by molar-refractivity contribution is 5.93. The van der Waals surface area contributed by atoms with E-state index < -0.39 is 5.82 Å². The van der Waals surface area contributed by atoms with Crippen molar-refractivity contribution < 1.29 is 32.9 Å². The van der Waals surface area contributed by atoms with Gasteiger partial charge in [-0.1, -0.05) is 19.8 Å². The van der Waals surface area contributed by atoms with Gasteiger partial charge < -0.3 is 28.7 Å². The van der Waals surface area contributed by atoms with Crippen LogP contribution in [0, 0.1) is 11.7 Å². The lowest BCUT2D eigenvalue weighted by atomic mass is 10.0. The van der Waals surface area contributed by atoms with Crippen LogP contribution in [0.5, 0.6) is 17.2 Å². The Morgan fingerprint density at radius 3 is 2.46 bits per heavy atom. The van der Waals surface area contributed by atoms with Crippen LogP contribution in [-0.4, -0.2) is 83.0 Å². The van der Waals surface area contributed by atoms with Crippen LogP contribution in [0.4, 0.5) is 14.9 Å². The Labute approximate surface area is 230 Å². The summed E-state index contributed by atoms with van der Waals surface area (Å²) in [5.41, 5.74) is 1.21. The first-order chi connectivity index (χ1) is 18.8. The van der Waals surface area contributed by atoms with E-state index in [-0.39, 0.29) is 37.6 Å². The molecule has 1 fully saturated rings. The molecule has 0 bridgehead atoms. The third-order valence-electron chi connectivity index (χ3n) is 6.57. The second-order valence-corrected chi connectivity index (χ2v) is 9.79. The minimum atomic E-state index is -0.408. The quantitative estimate of drug-likeness (QED) is 0.324. The number of carbonyl (C=O) groups is 2. The molecule has 9 nitrogen and oxygen atoms in total. The number of anilines is 1. The molecule has 1 aliphatic rings. The van der Waals surface area contributed by atoms with Gasteiger partial charge in [0, 0.05) is 50.4 Å². The van der Waals surface area contributed by atoms with E-state index in [1.54, 1.807) is 43.1 Å². The van der Waals surface area contributed by atoms with Gasteiger partial charge in [-0.05, 0) is 36.8 Å². The number of amides is 3. The predicted octanol–water partition coefficient (Wildman–Crippen LogP) is 4.58. The molecule has 0 radical (unpaired) electrons. The molecule has 2 aromatic carbocycles. The number of methoxy groups -OCH3 is 2. The molecule has 0 N–H and O–H groups in total. The largest absolute Gasteiger partial charge is 0.496 e. The zero-order valence-corrected chi connectivity index (χ0v) is 23.6. The monoisotopic (exact) mass is 545 g/mol. The van der Waals surface area contributed by atoms with Gasteiger partial charge in [-0.2, -0.15) is 0 Å². The lowest BCUT2D eigenvalue weighted by molar-refractivity contribution is -0.134. The summed E-state index contributed by atoms with van der Waals surface area (Å²) in [5.74, 6) is 0.996. The van der Waals surface area contributed by atoms with Crippen molar-refractivity contribution in [1.82, 2.24) is 9.80 Å². The second-order valence-electron chi connectivity index (χ2n) is 9.79. The van der Waals surface area contributed by atoms with E-state index in [0.717, 1.165) is 19.3 Å². The average Bonchev–Trinajstić information content (AvgIpc) is 2.92. The van der Waals surface area contributed by atoms with Crippen LogP contribution < -0.4 is 19.1 Å². The predicted molar refractivity (Wildman–Crippen MR) is 147 cm³/mol. The summed E-state index contributed by atoms with van der Waals surface area (Å²) in [7, 11) is 6.44. The Morgan fingerprint density at radius 1 is 1.03 bits per heavy atom. The van der Waals surface area contributed by atoms with E-state index in [9.17, 15) is 14.0 Å². The molecular formula is C29H40FN3O6. The first-order valence-corrected chi connectivity index (χ1v) is 13.2. The molecule has 39 heavy (non-hydrogen) atoms. The topological polar surface area (TPSA) is 80.8 Å². The van der Waals surface area contributed by atoms with Crippen LogP contribution in [-0.2, 0) is 16.1 Å². The summed E-state index contributed by atoms with van der Waals surface area (Å²) >= 11 is 0. The van der Waals surface area contributed by atoms with Crippen molar-refractivity contribution in [3.05, 3.63) is 47.8 Å². The van der Waals surface area contributed by atoms with Crippen LogP contribution in [0.25, 0.3) is 0 Å². The third kappa shape index (κ3) is 8.23. The van der Waals surface area contributed by atoms with Crippen LogP contribution in [0.3, 0.4) is 0 Å². The molecule has 0 aliphatic carbocycles. The number of ether oxygens (including phenoxy) is 4. The zero-order chi connectivity index (χ0) is 28.4. The van der Waals surface area contributed by atoms with Gasteiger partial charge in [-0.15, -0.1) is 0 Å². The van der Waals surface area contributed by atoms with E-state index in [1.165, 1.54) is 24.1 Å². The number of hydrogen-bond acceptors (Lipinski definition) is 6. The van der Waals surface area contributed by atoms with E-state index in [2.05, 4.69) is 6.92 Å². The number of halogens is 1. The number of carbonyl (C=O) groups excluding carboxylic acids is 2. The van der Waals surface area contributed by atoms with E-state index in [0.29, 0.717) is 48.2 Å². The maximum absolute atomic E-state index is 14.1. The number of likely N-dealkylation sites (N-methyl/N-ethyl adjacent to an activating group) is 1. The SMILES string of the molecule is CCCCCOc1cc(N2CC(COCC(=O)N(C)C)CN(Cc3cc(F)ccc3OC)C2=O)ccc1OC. The van der Waals surface area contributed by atoms with E-state index >= 15 is 0 Å². The fourth-order valence-electron chi connectivity index (χ4n) is 4.41. The molecule has 1 aliphatic heterocycles. The molecule has 1 saturated heterocycles. The minimum absolute atomic E-state index is 0.0482. The molecule has 0 saturated carbocycles. The van der Waals surface area contributed by atoms with Gasteiger partial charge in [-0.3, -0.25) is 9.69 Å². The fourth-order valence-corrected chi connectivity index (χ4v) is 4.41. The van der Waals surface area contributed by atoms with Gasteiger partial charge in [0.05, 0.1) is 34.0 Å². The maximum atomic E-state index is 14.1. The molecule has 2 aromatic rings. The number of hydrogen-bond donors (Lipinski definition) is 0. The van der Waals surface area contributed by atoms with Gasteiger partial charge >= 0.3 is 6.03 Å². The summed E-state index contributed by atoms with van der Waals surface area (Å²) < 4.78 is 36.7. The van der Waals surface area contributed by atoms with Crippen LogP contribution in [0.2, 0.25) is 0 Å². The molecule has 0 aromatic heterocycles. The Balaban J connectivity index is 1.86. The maximum Gasteiger partial charge on any atom is 0.324 e. The molecular weight excluding hydrogens is 505 g/mol. The van der Waals surface area contributed by atoms with Gasteiger partial charge in [0.15, 0.2) is 11.5 Å². The molecule has 1 atom stereocenters. The summed E-state index contributed by atoms with van der Waals surface area (Å²) in [6, 6.07) is 9.43. The molecule has 214 valence electrons. The van der Waals surface area contributed by atoms with E-state index in [1.807, 2.05) is 12.1 Å². The molecule has 3 amide bonds. The van der Waals surface area contributed by atoms with Crippen molar-refractivity contribution in [2.45, 2.75) is 32.7 Å². The zero-order valence-electron chi connectivity index (χ0n) is 23.6. The lowest BCUT2D eigenvalue weighted by Crippen LogP contribution is -2.54. The van der Waals surface area contributed by atoms with Gasteiger partial charge in [0.1, 0.15) is 18.2 Å². The van der Waals surface area contributed by atoms with E-state index in [4.69, 9.17) is 18.9 Å². The van der Waals surface area contributed by atoms with Crippen LogP contribution >= 0.6 is 0 Å². The third-order valence-corrected chi connectivity index (χ3v) is 6.57. The summed E-state index contributed by atoms with van der Waals surface area (Å²) in [5, 5.41) is 0. The van der Waals surface area contributed by atoms with Crippen molar-refractivity contribution in [1.29, 1.82) is 0 Å². The minimum Gasteiger partial charge on any atom is -0.496 e. The van der Waals surface area contributed by atoms with Crippen molar-refractivity contribution in [2.24, 2.45) is 5.92 Å². The molecule has 3 rings (SSSR count). The van der Waals surface area contributed by atoms with Crippen LogP contribution in [0.1, 0.15) is 31.7 Å². The molecule has 1 unspecified atom stereocenters. The van der Waals surface area contributed by atoms with Crippen molar-refractivity contribution >= 4 is 17.6 Å². The van der Waals surface area contributed by atoms with Crippen molar-refractivity contribution in [3.8, 4) is 17.2 Å². The Morgan fingerprint density at radius 2 is 1.77 bits per heavy atom. The summed E-state index contributed by atoms with van der Waals surface area (Å²) in [6.45, 7) is 3.81. The number of rotatable bonds is 14. The van der Waals surface area contributed by atoms with Gasteiger partial charge in [-0.25, -0.2) is 9.18 Å². The van der Waals surface area contributed by atoms with Gasteiger partial charge in [0.25, 0.3) is 0 Å². The second kappa shape index (κ2) is 14.6. The Kier molecular flexibility index (Phi) is 11.2. The normalized spacial score (nSPS) is 15.3. The van der Waals surface area contributed by atoms with Crippen LogP contribution in [0.15, 0.2) is 36.4 Å². The molecule has 0 spiro atoms. The number of nitrogens with zero attached hydrogens (tertiary/aromatic N) is 3. The number of urea groups is 1. The molecule has 1 heterocycles. The number of benzene rings is 2. The average molecular weight is 546 g/mol. The highest BCUT2D eigenvalue weighted by Crippen LogP contribution is 2.34. The lowest BCUT2D eigenvalue weighted by Gasteiger charge is -2.40. The highest BCUT2D eigenvalue weighted by atomic mass is 19.1.